The van der Waals surface area contributed by atoms with Crippen LogP contribution in [0.3, 0.4) is 0 Å². The number of carbonyl (C=O) groups excluding carboxylic acids is 1. The molecule has 4 aromatic rings. The Balaban J connectivity index is 1.50. The molecule has 1 amide bonds. The minimum atomic E-state index is -1.06. The van der Waals surface area contributed by atoms with Gasteiger partial charge in [-0.05, 0) is 53.9 Å². The fraction of sp³-hybridized carbons (Fsp3) is 0.100. The Kier molecular flexibility index (Phi) is 6.64. The summed E-state index contributed by atoms with van der Waals surface area (Å²) in [7, 11) is 0. The second-order valence-corrected chi connectivity index (χ2v) is 8.87. The summed E-state index contributed by atoms with van der Waals surface area (Å²) in [4.78, 5) is 26.3. The molecule has 1 aliphatic rings. The number of para-hydroxylation sites is 2. The van der Waals surface area contributed by atoms with Crippen LogP contribution in [0.2, 0.25) is 0 Å². The zero-order valence-electron chi connectivity index (χ0n) is 20.6. The van der Waals surface area contributed by atoms with Crippen molar-refractivity contribution in [1.29, 1.82) is 0 Å². The lowest BCUT2D eigenvalue weighted by Gasteiger charge is -2.18. The summed E-state index contributed by atoms with van der Waals surface area (Å²) in [6.45, 7) is 2.11. The summed E-state index contributed by atoms with van der Waals surface area (Å²) in [6, 6.07) is 25.7. The SMILES string of the molecule is CCCc1ccc(N2C(=O)C(=NN(O)c3cccc(-c4ccc(C(=O)O)cc4)c3O)c3ccccc32)cc1. The number of carbonyl (C=O) groups is 2. The molecule has 1 aliphatic heterocycles. The van der Waals surface area contributed by atoms with E-state index in [0.717, 1.165) is 12.8 Å². The smallest absolute Gasteiger partial charge is 0.335 e. The molecule has 0 bridgehead atoms. The molecule has 0 unspecified atom stereocenters. The maximum atomic E-state index is 13.5. The molecule has 8 heteroatoms. The van der Waals surface area contributed by atoms with Crippen LogP contribution in [0.1, 0.15) is 34.8 Å². The number of fused-ring (bicyclic) bond motifs is 1. The van der Waals surface area contributed by atoms with Crippen LogP contribution in [-0.2, 0) is 11.2 Å². The Hall–Kier alpha value is -4.95. The van der Waals surface area contributed by atoms with Gasteiger partial charge in [0.15, 0.2) is 11.5 Å². The quantitative estimate of drug-likeness (QED) is 0.265. The van der Waals surface area contributed by atoms with Crippen LogP contribution >= 0.6 is 0 Å². The van der Waals surface area contributed by atoms with Gasteiger partial charge < -0.3 is 10.2 Å². The number of amides is 1. The predicted molar refractivity (Wildman–Crippen MR) is 145 cm³/mol. The molecule has 190 valence electrons. The molecule has 4 aromatic carbocycles. The Morgan fingerprint density at radius 1 is 0.895 bits per heavy atom. The predicted octanol–water partition coefficient (Wildman–Crippen LogP) is 5.99. The average molecular weight is 508 g/mol. The summed E-state index contributed by atoms with van der Waals surface area (Å²) in [5.41, 5.74) is 4.08. The van der Waals surface area contributed by atoms with E-state index in [1.807, 2.05) is 36.4 Å². The Labute approximate surface area is 219 Å². The summed E-state index contributed by atoms with van der Waals surface area (Å²) in [5, 5.41) is 35.7. The first kappa shape index (κ1) is 24.7. The summed E-state index contributed by atoms with van der Waals surface area (Å²) in [5.74, 6) is -1.74. The molecule has 5 rings (SSSR count). The number of aromatic carboxylic acids is 1. The Morgan fingerprint density at radius 2 is 1.58 bits per heavy atom. The third-order valence-electron chi connectivity index (χ3n) is 6.41. The van der Waals surface area contributed by atoms with Crippen molar-refractivity contribution in [3.05, 3.63) is 108 Å². The number of anilines is 3. The number of carboxylic acids is 1. The molecule has 0 radical (unpaired) electrons. The molecule has 0 atom stereocenters. The molecule has 0 aromatic heterocycles. The topological polar surface area (TPSA) is 114 Å². The summed E-state index contributed by atoms with van der Waals surface area (Å²) >= 11 is 0. The maximum absolute atomic E-state index is 13.5. The van der Waals surface area contributed by atoms with Crippen LogP contribution in [0, 0.1) is 0 Å². The lowest BCUT2D eigenvalue weighted by molar-refractivity contribution is -0.111. The van der Waals surface area contributed by atoms with Crippen LogP contribution in [0.25, 0.3) is 11.1 Å². The molecule has 0 spiro atoms. The first-order valence-electron chi connectivity index (χ1n) is 12.1. The van der Waals surface area contributed by atoms with Crippen molar-refractivity contribution in [3.63, 3.8) is 0 Å². The fourth-order valence-electron chi connectivity index (χ4n) is 4.52. The Bertz CT molecular complexity index is 1550. The van der Waals surface area contributed by atoms with E-state index in [9.17, 15) is 19.9 Å². The minimum Gasteiger partial charge on any atom is -0.505 e. The van der Waals surface area contributed by atoms with Crippen LogP contribution < -0.4 is 10.1 Å². The summed E-state index contributed by atoms with van der Waals surface area (Å²) < 4.78 is 0. The van der Waals surface area contributed by atoms with Gasteiger partial charge in [-0.1, -0.05) is 67.9 Å². The van der Waals surface area contributed by atoms with Crippen molar-refractivity contribution in [2.75, 3.05) is 10.1 Å². The molecule has 0 saturated carbocycles. The number of hydrogen-bond donors (Lipinski definition) is 3. The lowest BCUT2D eigenvalue weighted by Crippen LogP contribution is -2.27. The molecule has 0 fully saturated rings. The van der Waals surface area contributed by atoms with Gasteiger partial charge in [-0.2, -0.15) is 0 Å². The van der Waals surface area contributed by atoms with E-state index in [1.54, 1.807) is 41.3 Å². The molecule has 38 heavy (non-hydrogen) atoms. The number of rotatable bonds is 7. The van der Waals surface area contributed by atoms with E-state index in [2.05, 4.69) is 12.0 Å². The molecular weight excluding hydrogens is 482 g/mol. The van der Waals surface area contributed by atoms with Gasteiger partial charge in [0.05, 0.1) is 11.3 Å². The van der Waals surface area contributed by atoms with Crippen molar-refractivity contribution in [3.8, 4) is 16.9 Å². The standard InChI is InChI=1S/C30H25N3O5/c1-2-6-19-11-17-22(18-12-19)32-25-9-4-3-7-24(25)27(29(32)35)31-33(38)26-10-5-8-23(28(26)34)20-13-15-21(16-14-20)30(36)37/h3-5,7-18,34,38H,2,6H2,1H3,(H,36,37). The Morgan fingerprint density at radius 3 is 2.26 bits per heavy atom. The maximum Gasteiger partial charge on any atom is 0.335 e. The average Bonchev–Trinajstić information content (AvgIpc) is 3.20. The molecular formula is C30H25N3O5. The van der Waals surface area contributed by atoms with E-state index >= 15 is 0 Å². The number of hydrazone groups is 1. The highest BCUT2D eigenvalue weighted by Crippen LogP contribution is 2.39. The van der Waals surface area contributed by atoms with Crippen molar-refractivity contribution in [2.45, 2.75) is 19.8 Å². The highest BCUT2D eigenvalue weighted by molar-refractivity contribution is 6.55. The molecule has 0 aliphatic carbocycles. The number of hydrogen-bond acceptors (Lipinski definition) is 6. The van der Waals surface area contributed by atoms with Crippen LogP contribution in [-0.4, -0.2) is 33.0 Å². The van der Waals surface area contributed by atoms with Crippen molar-refractivity contribution >= 4 is 34.7 Å². The third kappa shape index (κ3) is 4.49. The first-order chi connectivity index (χ1) is 18.4. The summed E-state index contributed by atoms with van der Waals surface area (Å²) in [6.07, 6.45) is 1.97. The fourth-order valence-corrected chi connectivity index (χ4v) is 4.52. The largest absolute Gasteiger partial charge is 0.505 e. The number of benzene rings is 4. The second kappa shape index (κ2) is 10.2. The zero-order valence-corrected chi connectivity index (χ0v) is 20.6. The van der Waals surface area contributed by atoms with E-state index in [1.165, 1.54) is 23.8 Å². The van der Waals surface area contributed by atoms with Crippen molar-refractivity contribution < 1.29 is 25.0 Å². The molecule has 3 N–H and O–H groups in total. The molecule has 0 saturated heterocycles. The van der Waals surface area contributed by atoms with Gasteiger partial charge in [-0.3, -0.25) is 14.9 Å². The van der Waals surface area contributed by atoms with Crippen molar-refractivity contribution in [2.24, 2.45) is 5.10 Å². The van der Waals surface area contributed by atoms with E-state index in [0.29, 0.717) is 33.2 Å². The third-order valence-corrected chi connectivity index (χ3v) is 6.41. The van der Waals surface area contributed by atoms with Gasteiger partial charge in [-0.15, -0.1) is 10.3 Å². The van der Waals surface area contributed by atoms with E-state index < -0.39 is 11.9 Å². The van der Waals surface area contributed by atoms with Gasteiger partial charge in [-0.25, -0.2) is 4.79 Å². The van der Waals surface area contributed by atoms with E-state index in [-0.39, 0.29) is 22.7 Å². The van der Waals surface area contributed by atoms with Gasteiger partial charge in [0.25, 0.3) is 5.91 Å². The zero-order chi connectivity index (χ0) is 26.8. The number of phenols is 1. The number of nitrogens with zero attached hydrogens (tertiary/aromatic N) is 3. The van der Waals surface area contributed by atoms with Crippen LogP contribution in [0.15, 0.2) is 96.1 Å². The van der Waals surface area contributed by atoms with Gasteiger partial charge in [0.2, 0.25) is 0 Å². The number of phenolic OH excluding ortho intramolecular Hbond substituents is 1. The minimum absolute atomic E-state index is 0.0244. The first-order valence-corrected chi connectivity index (χ1v) is 12.1. The number of aryl methyl sites for hydroxylation is 1. The monoisotopic (exact) mass is 507 g/mol. The normalized spacial score (nSPS) is 13.6. The molecule has 8 nitrogen and oxygen atoms in total. The highest BCUT2D eigenvalue weighted by Gasteiger charge is 2.35. The van der Waals surface area contributed by atoms with Gasteiger partial charge in [0, 0.05) is 16.8 Å². The number of aromatic hydroxyl groups is 1. The number of carboxylic acid groups (broad SMARTS) is 1. The van der Waals surface area contributed by atoms with Gasteiger partial charge >= 0.3 is 5.97 Å². The molecule has 1 heterocycles. The van der Waals surface area contributed by atoms with Crippen LogP contribution in [0.5, 0.6) is 5.75 Å². The second-order valence-electron chi connectivity index (χ2n) is 8.87. The van der Waals surface area contributed by atoms with Gasteiger partial charge in [0.1, 0.15) is 5.69 Å². The van der Waals surface area contributed by atoms with Crippen molar-refractivity contribution in [1.82, 2.24) is 0 Å². The lowest BCUT2D eigenvalue weighted by atomic mass is 10.0. The van der Waals surface area contributed by atoms with E-state index in [4.69, 9.17) is 5.11 Å². The van der Waals surface area contributed by atoms with Crippen LogP contribution in [0.4, 0.5) is 17.1 Å². The highest BCUT2D eigenvalue weighted by atomic mass is 16.5.